The van der Waals surface area contributed by atoms with Crippen LogP contribution in [0.3, 0.4) is 0 Å². The lowest BCUT2D eigenvalue weighted by Crippen LogP contribution is -2.30. The van der Waals surface area contributed by atoms with Crippen LogP contribution in [-0.2, 0) is 0 Å². The van der Waals surface area contributed by atoms with Gasteiger partial charge in [-0.1, -0.05) is 6.08 Å². The molecule has 12 heavy (non-hydrogen) atoms. The number of hydrogen-bond donors (Lipinski definition) is 1. The molecule has 0 spiro atoms. The first kappa shape index (κ1) is 7.16. The lowest BCUT2D eigenvalue weighted by Gasteiger charge is -1.98. The van der Waals surface area contributed by atoms with Crippen LogP contribution >= 0.6 is 0 Å². The smallest absolute Gasteiger partial charge is 0.339 e. The SMILES string of the molecule is O=c1cc(O)c2c(o1)=CCCC=2. The maximum absolute atomic E-state index is 10.8. The molecule has 0 fully saturated rings. The summed E-state index contributed by atoms with van der Waals surface area (Å²) in [5.74, 6) is 0.0113. The fourth-order valence-corrected chi connectivity index (χ4v) is 1.31. The van der Waals surface area contributed by atoms with Crippen molar-refractivity contribution in [2.24, 2.45) is 0 Å². The highest BCUT2D eigenvalue weighted by molar-refractivity contribution is 5.39. The highest BCUT2D eigenvalue weighted by Gasteiger charge is 2.01. The van der Waals surface area contributed by atoms with Crippen LogP contribution in [0.4, 0.5) is 0 Å². The molecule has 1 aromatic rings. The molecule has 0 bridgehead atoms. The summed E-state index contributed by atoms with van der Waals surface area (Å²) in [6.07, 6.45) is 5.43. The molecule has 1 aromatic heterocycles. The minimum Gasteiger partial charge on any atom is -0.507 e. The van der Waals surface area contributed by atoms with Crippen LogP contribution in [0.15, 0.2) is 15.3 Å². The minimum atomic E-state index is -0.502. The molecule has 2 rings (SSSR count). The van der Waals surface area contributed by atoms with Crippen LogP contribution in [0.25, 0.3) is 12.2 Å². The summed E-state index contributed by atoms with van der Waals surface area (Å²) in [5, 5.41) is 9.97. The third-order valence-electron chi connectivity index (χ3n) is 1.85. The van der Waals surface area contributed by atoms with E-state index < -0.39 is 5.63 Å². The summed E-state index contributed by atoms with van der Waals surface area (Å²) in [6, 6.07) is 1.09. The molecular formula is C9H8O3. The Morgan fingerprint density at radius 2 is 2.08 bits per heavy atom. The largest absolute Gasteiger partial charge is 0.507 e. The minimum absolute atomic E-state index is 0.0113. The van der Waals surface area contributed by atoms with Gasteiger partial charge >= 0.3 is 5.63 Å². The molecular weight excluding hydrogens is 156 g/mol. The van der Waals surface area contributed by atoms with Crippen LogP contribution < -0.4 is 16.3 Å². The first-order chi connectivity index (χ1) is 5.77. The quantitative estimate of drug-likeness (QED) is 0.572. The monoisotopic (exact) mass is 164 g/mol. The molecule has 1 aliphatic rings. The van der Waals surface area contributed by atoms with Gasteiger partial charge in [0.05, 0.1) is 11.3 Å². The third kappa shape index (κ3) is 1.03. The van der Waals surface area contributed by atoms with Gasteiger partial charge in [0.25, 0.3) is 0 Å². The maximum atomic E-state index is 10.8. The molecule has 1 heterocycles. The van der Waals surface area contributed by atoms with Crippen LogP contribution in [0, 0.1) is 0 Å². The second-order valence-electron chi connectivity index (χ2n) is 2.71. The lowest BCUT2D eigenvalue weighted by molar-refractivity contribution is 0.423. The van der Waals surface area contributed by atoms with Gasteiger partial charge in [-0.25, -0.2) is 4.79 Å². The van der Waals surface area contributed by atoms with Crippen molar-refractivity contribution in [1.82, 2.24) is 0 Å². The molecule has 0 unspecified atom stereocenters. The van der Waals surface area contributed by atoms with Gasteiger partial charge in [-0.2, -0.15) is 0 Å². The Kier molecular flexibility index (Phi) is 1.50. The van der Waals surface area contributed by atoms with Crippen LogP contribution in [-0.4, -0.2) is 5.11 Å². The second kappa shape index (κ2) is 2.52. The molecule has 1 aliphatic carbocycles. The van der Waals surface area contributed by atoms with Gasteiger partial charge < -0.3 is 9.52 Å². The standard InChI is InChI=1S/C9H8O3/c10-7-5-9(11)12-8-4-2-1-3-6(7)8/h3-5,10H,1-2H2. The Labute approximate surface area is 68.3 Å². The van der Waals surface area contributed by atoms with Crippen molar-refractivity contribution >= 4 is 12.2 Å². The lowest BCUT2D eigenvalue weighted by atomic mass is 10.1. The molecule has 0 saturated heterocycles. The molecule has 0 amide bonds. The van der Waals surface area contributed by atoms with E-state index >= 15 is 0 Å². The number of rotatable bonds is 0. The Bertz CT molecular complexity index is 468. The summed E-state index contributed by atoms with van der Waals surface area (Å²) in [6.45, 7) is 0. The van der Waals surface area contributed by atoms with Gasteiger partial charge in [0.2, 0.25) is 0 Å². The van der Waals surface area contributed by atoms with Crippen molar-refractivity contribution < 1.29 is 9.52 Å². The molecule has 62 valence electrons. The fraction of sp³-hybridized carbons (Fsp3) is 0.222. The Hall–Kier alpha value is -1.51. The van der Waals surface area contributed by atoms with Gasteiger partial charge in [-0.15, -0.1) is 0 Å². The van der Waals surface area contributed by atoms with Gasteiger partial charge in [0.1, 0.15) is 11.2 Å². The summed E-state index contributed by atoms with van der Waals surface area (Å²) in [4.78, 5) is 10.8. The first-order valence-electron chi connectivity index (χ1n) is 3.81. The van der Waals surface area contributed by atoms with Crippen molar-refractivity contribution in [2.75, 3.05) is 0 Å². The summed E-state index contributed by atoms with van der Waals surface area (Å²) < 4.78 is 4.88. The van der Waals surface area contributed by atoms with Crippen molar-refractivity contribution in [2.45, 2.75) is 12.8 Å². The van der Waals surface area contributed by atoms with E-state index in [1.165, 1.54) is 0 Å². The van der Waals surface area contributed by atoms with Gasteiger partial charge in [0, 0.05) is 0 Å². The summed E-state index contributed by atoms with van der Waals surface area (Å²) in [5.41, 5.74) is -0.0101. The average Bonchev–Trinajstić information content (AvgIpc) is 2.04. The van der Waals surface area contributed by atoms with Crippen molar-refractivity contribution in [3.8, 4) is 5.75 Å². The zero-order chi connectivity index (χ0) is 8.55. The number of fused-ring (bicyclic) bond motifs is 1. The van der Waals surface area contributed by atoms with E-state index in [-0.39, 0.29) is 5.75 Å². The molecule has 0 radical (unpaired) electrons. The highest BCUT2D eigenvalue weighted by atomic mass is 16.4. The zero-order valence-corrected chi connectivity index (χ0v) is 6.41. The van der Waals surface area contributed by atoms with Crippen molar-refractivity contribution in [3.05, 3.63) is 27.1 Å². The predicted octanol–water partition coefficient (Wildman–Crippen LogP) is -0.300. The van der Waals surface area contributed by atoms with E-state index in [1.54, 1.807) is 0 Å². The van der Waals surface area contributed by atoms with Crippen molar-refractivity contribution in [3.63, 3.8) is 0 Å². The van der Waals surface area contributed by atoms with Crippen LogP contribution in [0.5, 0.6) is 5.75 Å². The molecule has 0 saturated carbocycles. The molecule has 3 heteroatoms. The van der Waals surface area contributed by atoms with Crippen LogP contribution in [0.1, 0.15) is 12.8 Å². The van der Waals surface area contributed by atoms with E-state index in [4.69, 9.17) is 4.42 Å². The molecule has 0 aliphatic heterocycles. The first-order valence-corrected chi connectivity index (χ1v) is 3.81. The Morgan fingerprint density at radius 1 is 1.33 bits per heavy atom. The average molecular weight is 164 g/mol. The fourth-order valence-electron chi connectivity index (χ4n) is 1.31. The van der Waals surface area contributed by atoms with Gasteiger partial charge in [-0.3, -0.25) is 0 Å². The van der Waals surface area contributed by atoms with Gasteiger partial charge in [0.15, 0.2) is 0 Å². The summed E-state index contributed by atoms with van der Waals surface area (Å²) >= 11 is 0. The highest BCUT2D eigenvalue weighted by Crippen LogP contribution is 1.98. The van der Waals surface area contributed by atoms with E-state index in [0.29, 0.717) is 10.6 Å². The Morgan fingerprint density at radius 3 is 2.92 bits per heavy atom. The molecule has 1 N–H and O–H groups in total. The van der Waals surface area contributed by atoms with E-state index in [2.05, 4.69) is 0 Å². The van der Waals surface area contributed by atoms with E-state index in [9.17, 15) is 9.90 Å². The van der Waals surface area contributed by atoms with E-state index in [1.807, 2.05) is 12.2 Å². The zero-order valence-electron chi connectivity index (χ0n) is 6.41. The molecule has 0 atom stereocenters. The van der Waals surface area contributed by atoms with Gasteiger partial charge in [-0.05, 0) is 18.9 Å². The second-order valence-corrected chi connectivity index (χ2v) is 2.71. The molecule has 3 nitrogen and oxygen atoms in total. The van der Waals surface area contributed by atoms with Crippen LogP contribution in [0.2, 0.25) is 0 Å². The predicted molar refractivity (Wildman–Crippen MR) is 44.1 cm³/mol. The number of hydrogen-bond acceptors (Lipinski definition) is 3. The number of aromatic hydroxyl groups is 1. The summed E-state index contributed by atoms with van der Waals surface area (Å²) in [7, 11) is 0. The van der Waals surface area contributed by atoms with E-state index in [0.717, 1.165) is 18.9 Å². The maximum Gasteiger partial charge on any atom is 0.339 e. The molecule has 0 aromatic carbocycles. The topological polar surface area (TPSA) is 50.4 Å². The Balaban J connectivity index is 2.96. The van der Waals surface area contributed by atoms with Crippen molar-refractivity contribution in [1.29, 1.82) is 0 Å². The normalized spacial score (nSPS) is 14.3. The third-order valence-corrected chi connectivity index (χ3v) is 1.85.